The van der Waals surface area contributed by atoms with Gasteiger partial charge in [0.05, 0.1) is 16.6 Å². The third-order valence-corrected chi connectivity index (χ3v) is 6.13. The number of hydrogen-bond acceptors (Lipinski definition) is 4. The average molecular weight is 407 g/mol. The number of allylic oxidation sites excluding steroid dienone is 2. The number of alkyl halides is 1. The summed E-state index contributed by atoms with van der Waals surface area (Å²) in [5.41, 5.74) is 3.43. The second kappa shape index (κ2) is 8.72. The van der Waals surface area contributed by atoms with Gasteiger partial charge in [0, 0.05) is 44.1 Å². The second-order valence-corrected chi connectivity index (χ2v) is 8.30. The standard InChI is InChI=1S/C21H28ClFN4O/c1-12-10-27(6-5-24-12)11-17-13(2)18(22)8-20(14(17)3)26-21(28)16-7-19(23)15(4)25-9-16/h7-9,12-13,18,24H,5-6,10-11H2,1-4H3,(H,26,28)/t12-,13?,18?/m1/s1. The lowest BCUT2D eigenvalue weighted by atomic mass is 9.86. The number of rotatable bonds is 4. The zero-order chi connectivity index (χ0) is 20.4. The predicted molar refractivity (Wildman–Crippen MR) is 110 cm³/mol. The molecule has 0 radical (unpaired) electrons. The zero-order valence-electron chi connectivity index (χ0n) is 16.9. The summed E-state index contributed by atoms with van der Waals surface area (Å²) >= 11 is 6.58. The van der Waals surface area contributed by atoms with Gasteiger partial charge in [-0.15, -0.1) is 11.6 Å². The molecule has 28 heavy (non-hydrogen) atoms. The second-order valence-electron chi connectivity index (χ2n) is 7.80. The van der Waals surface area contributed by atoms with Gasteiger partial charge in [-0.2, -0.15) is 0 Å². The summed E-state index contributed by atoms with van der Waals surface area (Å²) in [5, 5.41) is 6.15. The van der Waals surface area contributed by atoms with Crippen molar-refractivity contribution in [3.63, 3.8) is 0 Å². The highest BCUT2D eigenvalue weighted by Gasteiger charge is 2.29. The first-order valence-electron chi connectivity index (χ1n) is 9.71. The molecular formula is C21H28ClFN4O. The van der Waals surface area contributed by atoms with Gasteiger partial charge >= 0.3 is 0 Å². The van der Waals surface area contributed by atoms with Crippen LogP contribution in [0.3, 0.4) is 0 Å². The van der Waals surface area contributed by atoms with E-state index in [4.69, 9.17) is 11.6 Å². The van der Waals surface area contributed by atoms with Crippen LogP contribution >= 0.6 is 11.6 Å². The van der Waals surface area contributed by atoms with Crippen LogP contribution in [0.15, 0.2) is 35.2 Å². The molecule has 2 aliphatic rings. The Morgan fingerprint density at radius 1 is 1.43 bits per heavy atom. The van der Waals surface area contributed by atoms with E-state index in [-0.39, 0.29) is 28.5 Å². The van der Waals surface area contributed by atoms with E-state index in [2.05, 4.69) is 34.4 Å². The Hall–Kier alpha value is -1.76. The highest BCUT2D eigenvalue weighted by Crippen LogP contribution is 2.32. The third kappa shape index (κ3) is 4.62. The van der Waals surface area contributed by atoms with Gasteiger partial charge in [-0.25, -0.2) is 4.39 Å². The summed E-state index contributed by atoms with van der Waals surface area (Å²) in [4.78, 5) is 19.0. The quantitative estimate of drug-likeness (QED) is 0.755. The number of nitrogens with zero attached hydrogens (tertiary/aromatic N) is 2. The van der Waals surface area contributed by atoms with Crippen molar-refractivity contribution in [2.24, 2.45) is 5.92 Å². The van der Waals surface area contributed by atoms with Crippen molar-refractivity contribution in [3.05, 3.63) is 52.3 Å². The number of pyridine rings is 1. The highest BCUT2D eigenvalue weighted by atomic mass is 35.5. The van der Waals surface area contributed by atoms with Crippen LogP contribution in [0.5, 0.6) is 0 Å². The summed E-state index contributed by atoms with van der Waals surface area (Å²) in [6, 6.07) is 1.67. The largest absolute Gasteiger partial charge is 0.322 e. The summed E-state index contributed by atoms with van der Waals surface area (Å²) in [7, 11) is 0. The smallest absolute Gasteiger partial charge is 0.257 e. The maximum Gasteiger partial charge on any atom is 0.257 e. The molecule has 2 unspecified atom stereocenters. The molecule has 0 saturated carbocycles. The molecule has 5 nitrogen and oxygen atoms in total. The molecule has 1 saturated heterocycles. The Bertz CT molecular complexity index is 823. The molecule has 2 heterocycles. The van der Waals surface area contributed by atoms with E-state index in [0.717, 1.165) is 31.8 Å². The molecule has 1 amide bonds. The summed E-state index contributed by atoms with van der Waals surface area (Å²) in [6.07, 6.45) is 3.27. The van der Waals surface area contributed by atoms with Crippen LogP contribution in [-0.2, 0) is 0 Å². The number of aryl methyl sites for hydroxylation is 1. The Labute approximate surface area is 171 Å². The van der Waals surface area contributed by atoms with Crippen LogP contribution in [-0.4, -0.2) is 53.4 Å². The average Bonchev–Trinajstić information content (AvgIpc) is 2.65. The number of carbonyl (C=O) groups is 1. The summed E-state index contributed by atoms with van der Waals surface area (Å²) in [6.45, 7) is 11.7. The highest BCUT2D eigenvalue weighted by molar-refractivity contribution is 6.22. The Morgan fingerprint density at radius 3 is 2.86 bits per heavy atom. The molecule has 0 bridgehead atoms. The fourth-order valence-electron chi connectivity index (χ4n) is 3.75. The number of carbonyl (C=O) groups excluding carboxylic acids is 1. The van der Waals surface area contributed by atoms with Gasteiger partial charge in [-0.3, -0.25) is 14.7 Å². The lowest BCUT2D eigenvalue weighted by molar-refractivity contribution is 0.0965. The molecule has 3 atom stereocenters. The van der Waals surface area contributed by atoms with Crippen LogP contribution in [0.1, 0.15) is 36.8 Å². The van der Waals surface area contributed by atoms with Crippen molar-refractivity contribution in [2.45, 2.75) is 39.1 Å². The van der Waals surface area contributed by atoms with E-state index in [1.54, 1.807) is 6.92 Å². The minimum atomic E-state index is -0.491. The third-order valence-electron chi connectivity index (χ3n) is 5.62. The summed E-state index contributed by atoms with van der Waals surface area (Å²) in [5.74, 6) is -0.688. The Morgan fingerprint density at radius 2 is 2.18 bits per heavy atom. The van der Waals surface area contributed by atoms with Gasteiger partial charge in [-0.1, -0.05) is 6.92 Å². The van der Waals surface area contributed by atoms with Gasteiger partial charge < -0.3 is 10.6 Å². The number of halogens is 2. The summed E-state index contributed by atoms with van der Waals surface area (Å²) < 4.78 is 13.8. The monoisotopic (exact) mass is 406 g/mol. The van der Waals surface area contributed by atoms with Gasteiger partial charge in [-0.05, 0) is 50.0 Å². The lowest BCUT2D eigenvalue weighted by Gasteiger charge is -2.36. The number of aromatic nitrogens is 1. The first kappa shape index (κ1) is 21.0. The van der Waals surface area contributed by atoms with Crippen molar-refractivity contribution >= 4 is 17.5 Å². The van der Waals surface area contributed by atoms with Gasteiger partial charge in [0.2, 0.25) is 0 Å². The first-order valence-corrected chi connectivity index (χ1v) is 10.1. The normalized spacial score (nSPS) is 26.2. The van der Waals surface area contributed by atoms with E-state index < -0.39 is 5.82 Å². The predicted octanol–water partition coefficient (Wildman–Crippen LogP) is 3.01. The molecule has 1 aliphatic heterocycles. The van der Waals surface area contributed by atoms with Crippen molar-refractivity contribution in [1.29, 1.82) is 0 Å². The minimum absolute atomic E-state index is 0.186. The fraction of sp³-hybridized carbons (Fsp3) is 0.524. The molecule has 2 N–H and O–H groups in total. The maximum absolute atomic E-state index is 13.8. The molecule has 7 heteroatoms. The van der Waals surface area contributed by atoms with Crippen molar-refractivity contribution in [1.82, 2.24) is 20.5 Å². The SMILES string of the molecule is CC1=C(CN2CCN[C@H](C)C2)C(C)C(Cl)C=C1NC(=O)c1cnc(C)c(F)c1. The van der Waals surface area contributed by atoms with Crippen LogP contribution in [0.25, 0.3) is 0 Å². The Kier molecular flexibility index (Phi) is 6.53. The first-order chi connectivity index (χ1) is 13.3. The molecule has 0 aromatic carbocycles. The molecule has 1 fully saturated rings. The van der Waals surface area contributed by atoms with Gasteiger partial charge in [0.1, 0.15) is 5.82 Å². The van der Waals surface area contributed by atoms with Crippen LogP contribution < -0.4 is 10.6 Å². The Balaban J connectivity index is 1.79. The van der Waals surface area contributed by atoms with Crippen molar-refractivity contribution in [3.8, 4) is 0 Å². The maximum atomic E-state index is 13.8. The van der Waals surface area contributed by atoms with Crippen molar-refractivity contribution in [2.75, 3.05) is 26.2 Å². The van der Waals surface area contributed by atoms with Gasteiger partial charge in [0.15, 0.2) is 0 Å². The number of amides is 1. The lowest BCUT2D eigenvalue weighted by Crippen LogP contribution is -2.50. The van der Waals surface area contributed by atoms with Gasteiger partial charge in [0.25, 0.3) is 5.91 Å². The minimum Gasteiger partial charge on any atom is -0.322 e. The zero-order valence-corrected chi connectivity index (χ0v) is 17.6. The van der Waals surface area contributed by atoms with Crippen molar-refractivity contribution < 1.29 is 9.18 Å². The molecule has 0 spiro atoms. The van der Waals surface area contributed by atoms with E-state index in [1.807, 2.05) is 13.0 Å². The number of piperazine rings is 1. The van der Waals surface area contributed by atoms with E-state index in [1.165, 1.54) is 17.8 Å². The molecule has 3 rings (SSSR count). The van der Waals surface area contributed by atoms with E-state index >= 15 is 0 Å². The van der Waals surface area contributed by atoms with Crippen LogP contribution in [0.4, 0.5) is 4.39 Å². The number of hydrogen-bond donors (Lipinski definition) is 2. The topological polar surface area (TPSA) is 57.3 Å². The molecule has 152 valence electrons. The van der Waals surface area contributed by atoms with E-state index in [9.17, 15) is 9.18 Å². The number of nitrogens with one attached hydrogen (secondary N) is 2. The van der Waals surface area contributed by atoms with Crippen LogP contribution in [0, 0.1) is 18.7 Å². The molecule has 1 aromatic rings. The molecular weight excluding hydrogens is 379 g/mol. The van der Waals surface area contributed by atoms with E-state index in [0.29, 0.717) is 11.7 Å². The molecule has 1 aromatic heterocycles. The molecule has 1 aliphatic carbocycles. The fourth-order valence-corrected chi connectivity index (χ4v) is 4.03. The van der Waals surface area contributed by atoms with Crippen LogP contribution in [0.2, 0.25) is 0 Å².